The molecule has 0 atom stereocenters. The summed E-state index contributed by atoms with van der Waals surface area (Å²) in [4.78, 5) is 27.4. The summed E-state index contributed by atoms with van der Waals surface area (Å²) in [6.07, 6.45) is 1.64. The molecule has 6 rings (SSSR count). The van der Waals surface area contributed by atoms with Gasteiger partial charge in [0.15, 0.2) is 0 Å². The molecule has 0 saturated carbocycles. The minimum Gasteiger partial charge on any atom is -0.507 e. The molecule has 0 unspecified atom stereocenters. The molecule has 8 heteroatoms. The van der Waals surface area contributed by atoms with E-state index in [-0.39, 0.29) is 17.1 Å². The molecule has 7 nitrogen and oxygen atoms in total. The van der Waals surface area contributed by atoms with Crippen molar-refractivity contribution in [1.29, 1.82) is 0 Å². The minimum absolute atomic E-state index is 0.103. The molecule has 3 aromatic carbocycles. The van der Waals surface area contributed by atoms with Crippen LogP contribution in [0.4, 0.5) is 0 Å². The van der Waals surface area contributed by atoms with Crippen LogP contribution in [0.3, 0.4) is 0 Å². The van der Waals surface area contributed by atoms with Crippen LogP contribution in [0.25, 0.3) is 45.2 Å². The largest absolute Gasteiger partial charge is 0.507 e. The Balaban J connectivity index is 1.49. The number of fused-ring (bicyclic) bond motifs is 1. The van der Waals surface area contributed by atoms with Crippen molar-refractivity contribution in [2.45, 2.75) is 0 Å². The molecule has 0 aliphatic carbocycles. The Bertz CT molecular complexity index is 1720. The molecule has 6 aromatic rings. The SMILES string of the molecule is O=c1/c(=C/c2ccccc2O)sc2nc(-c3nc(-c4ccccc4)cc(-c4ccccc4)n3)nn12. The molecule has 0 amide bonds. The lowest BCUT2D eigenvalue weighted by Crippen LogP contribution is -2.23. The second-order valence-corrected chi connectivity index (χ2v) is 8.81. The van der Waals surface area contributed by atoms with E-state index in [1.807, 2.05) is 66.7 Å². The van der Waals surface area contributed by atoms with E-state index in [9.17, 15) is 9.90 Å². The molecule has 0 aliphatic rings. The number of phenolic OH excluding ortho intramolecular Hbond substituents is 1. The van der Waals surface area contributed by atoms with Gasteiger partial charge in [-0.3, -0.25) is 4.79 Å². The standard InChI is InChI=1S/C27H17N5O2S/c33-22-14-8-7-13-19(22)15-23-26(34)32-27(35-23)30-25(31-32)24-28-20(17-9-3-1-4-10-17)16-21(29-24)18-11-5-2-6-12-18/h1-16,33H/b23-15-. The van der Waals surface area contributed by atoms with Gasteiger partial charge in [0, 0.05) is 16.7 Å². The molecule has 3 heterocycles. The highest BCUT2D eigenvalue weighted by atomic mass is 32.1. The van der Waals surface area contributed by atoms with Crippen LogP contribution in [-0.2, 0) is 0 Å². The predicted molar refractivity (Wildman–Crippen MR) is 136 cm³/mol. The second kappa shape index (κ2) is 8.58. The molecule has 168 valence electrons. The number of aromatic hydroxyl groups is 1. The summed E-state index contributed by atoms with van der Waals surface area (Å²) >= 11 is 1.20. The van der Waals surface area contributed by atoms with Crippen LogP contribution in [0.15, 0.2) is 95.8 Å². The first-order valence-corrected chi connectivity index (χ1v) is 11.7. The van der Waals surface area contributed by atoms with Crippen molar-refractivity contribution in [2.24, 2.45) is 0 Å². The summed E-state index contributed by atoms with van der Waals surface area (Å²) in [7, 11) is 0. The number of benzene rings is 3. The van der Waals surface area contributed by atoms with E-state index in [2.05, 4.69) is 10.1 Å². The number of para-hydroxylation sites is 1. The van der Waals surface area contributed by atoms with Crippen molar-refractivity contribution in [3.8, 4) is 39.9 Å². The Morgan fingerprint density at radius 1 is 0.743 bits per heavy atom. The molecule has 0 radical (unpaired) electrons. The van der Waals surface area contributed by atoms with Gasteiger partial charge >= 0.3 is 0 Å². The van der Waals surface area contributed by atoms with Crippen LogP contribution in [0.5, 0.6) is 5.75 Å². The third kappa shape index (κ3) is 3.96. The van der Waals surface area contributed by atoms with Crippen molar-refractivity contribution in [3.05, 3.63) is 111 Å². The number of phenols is 1. The average molecular weight is 476 g/mol. The monoisotopic (exact) mass is 475 g/mol. The van der Waals surface area contributed by atoms with E-state index in [1.54, 1.807) is 30.3 Å². The molecular formula is C27H17N5O2S. The summed E-state index contributed by atoms with van der Waals surface area (Å²) in [5.74, 6) is 0.718. The fraction of sp³-hybridized carbons (Fsp3) is 0. The summed E-state index contributed by atoms with van der Waals surface area (Å²) < 4.78 is 1.68. The maximum Gasteiger partial charge on any atom is 0.291 e. The predicted octanol–water partition coefficient (Wildman–Crippen LogP) is 4.20. The maximum absolute atomic E-state index is 13.0. The summed E-state index contributed by atoms with van der Waals surface area (Å²) in [5.41, 5.74) is 3.61. The molecule has 0 spiro atoms. The number of thiazole rings is 1. The van der Waals surface area contributed by atoms with Gasteiger partial charge in [-0.15, -0.1) is 5.10 Å². The number of aromatic nitrogens is 5. The molecule has 3 aromatic heterocycles. The Kier molecular flexibility index (Phi) is 5.12. The van der Waals surface area contributed by atoms with Gasteiger partial charge < -0.3 is 5.11 Å². The lowest BCUT2D eigenvalue weighted by Gasteiger charge is -2.07. The van der Waals surface area contributed by atoms with Gasteiger partial charge in [0.25, 0.3) is 5.56 Å². The van der Waals surface area contributed by atoms with Crippen LogP contribution >= 0.6 is 11.3 Å². The molecule has 35 heavy (non-hydrogen) atoms. The van der Waals surface area contributed by atoms with E-state index < -0.39 is 0 Å². The number of nitrogens with zero attached hydrogens (tertiary/aromatic N) is 5. The summed E-state index contributed by atoms with van der Waals surface area (Å²) in [6.45, 7) is 0. The normalized spacial score (nSPS) is 11.8. The van der Waals surface area contributed by atoms with Crippen molar-refractivity contribution in [1.82, 2.24) is 24.6 Å². The second-order valence-electron chi connectivity index (χ2n) is 7.80. The first-order chi connectivity index (χ1) is 17.2. The highest BCUT2D eigenvalue weighted by Crippen LogP contribution is 2.26. The van der Waals surface area contributed by atoms with Crippen molar-refractivity contribution < 1.29 is 5.11 Å². The highest BCUT2D eigenvalue weighted by Gasteiger charge is 2.17. The van der Waals surface area contributed by atoms with E-state index >= 15 is 0 Å². The number of rotatable bonds is 4. The highest BCUT2D eigenvalue weighted by molar-refractivity contribution is 7.15. The Morgan fingerprint density at radius 3 is 1.94 bits per heavy atom. The molecular weight excluding hydrogens is 458 g/mol. The van der Waals surface area contributed by atoms with Crippen molar-refractivity contribution in [2.75, 3.05) is 0 Å². The first-order valence-electron chi connectivity index (χ1n) is 10.9. The third-order valence-corrected chi connectivity index (χ3v) is 6.43. The Labute approximate surface area is 203 Å². The van der Waals surface area contributed by atoms with Gasteiger partial charge in [0.1, 0.15) is 5.75 Å². The van der Waals surface area contributed by atoms with Gasteiger partial charge in [-0.1, -0.05) is 90.2 Å². The van der Waals surface area contributed by atoms with Gasteiger partial charge in [-0.05, 0) is 18.2 Å². The molecule has 0 bridgehead atoms. The lowest BCUT2D eigenvalue weighted by molar-refractivity contribution is 0.474. The van der Waals surface area contributed by atoms with Gasteiger partial charge in [-0.2, -0.15) is 9.50 Å². The molecule has 0 fully saturated rings. The Morgan fingerprint density at radius 2 is 1.34 bits per heavy atom. The van der Waals surface area contributed by atoms with Gasteiger partial charge in [0.2, 0.25) is 16.6 Å². The molecule has 0 saturated heterocycles. The minimum atomic E-state index is -0.311. The topological polar surface area (TPSA) is 93.3 Å². The summed E-state index contributed by atoms with van der Waals surface area (Å²) in [5, 5.41) is 14.5. The fourth-order valence-corrected chi connectivity index (χ4v) is 4.64. The first kappa shape index (κ1) is 20.9. The van der Waals surface area contributed by atoms with Gasteiger partial charge in [0.05, 0.1) is 15.9 Å². The van der Waals surface area contributed by atoms with Crippen LogP contribution in [0.2, 0.25) is 0 Å². The third-order valence-electron chi connectivity index (χ3n) is 5.47. The fourth-order valence-electron chi connectivity index (χ4n) is 3.74. The average Bonchev–Trinajstić information content (AvgIpc) is 3.45. The van der Waals surface area contributed by atoms with Crippen molar-refractivity contribution >= 4 is 22.4 Å². The molecule has 1 N–H and O–H groups in total. The van der Waals surface area contributed by atoms with E-state index in [0.717, 1.165) is 22.5 Å². The van der Waals surface area contributed by atoms with Crippen molar-refractivity contribution in [3.63, 3.8) is 0 Å². The molecule has 0 aliphatic heterocycles. The zero-order chi connectivity index (χ0) is 23.8. The lowest BCUT2D eigenvalue weighted by atomic mass is 10.1. The van der Waals surface area contributed by atoms with Crippen LogP contribution < -0.4 is 10.1 Å². The van der Waals surface area contributed by atoms with Crippen LogP contribution in [0, 0.1) is 0 Å². The van der Waals surface area contributed by atoms with E-state index in [1.165, 1.54) is 15.9 Å². The number of hydrogen-bond acceptors (Lipinski definition) is 7. The maximum atomic E-state index is 13.0. The summed E-state index contributed by atoms with van der Waals surface area (Å²) in [6, 6.07) is 28.4. The zero-order valence-electron chi connectivity index (χ0n) is 18.2. The van der Waals surface area contributed by atoms with E-state index in [4.69, 9.17) is 9.97 Å². The quantitative estimate of drug-likeness (QED) is 0.411. The van der Waals surface area contributed by atoms with Crippen LogP contribution in [0.1, 0.15) is 5.56 Å². The zero-order valence-corrected chi connectivity index (χ0v) is 19.1. The Hall–Kier alpha value is -4.69. The smallest absolute Gasteiger partial charge is 0.291 e. The van der Waals surface area contributed by atoms with Gasteiger partial charge in [-0.25, -0.2) is 9.97 Å². The van der Waals surface area contributed by atoms with Crippen LogP contribution in [-0.4, -0.2) is 29.7 Å². The number of hydrogen-bond donors (Lipinski definition) is 1. The van der Waals surface area contributed by atoms with E-state index in [0.29, 0.717) is 20.9 Å².